The molecular formula is C24H18ClFN2O4S. The summed E-state index contributed by atoms with van der Waals surface area (Å²) in [4.78, 5) is 25.3. The molecule has 3 aromatic carbocycles. The number of carbonyl (C=O) groups is 1. The van der Waals surface area contributed by atoms with Crippen molar-refractivity contribution in [1.29, 1.82) is 0 Å². The molecule has 9 heteroatoms. The van der Waals surface area contributed by atoms with Crippen LogP contribution in [0.5, 0.6) is 0 Å². The van der Waals surface area contributed by atoms with E-state index in [4.69, 9.17) is 11.6 Å². The second-order valence-electron chi connectivity index (χ2n) is 7.48. The highest BCUT2D eigenvalue weighted by Gasteiger charge is 2.24. The zero-order valence-corrected chi connectivity index (χ0v) is 19.0. The molecule has 33 heavy (non-hydrogen) atoms. The number of rotatable bonds is 5. The Labute approximate surface area is 194 Å². The fourth-order valence-corrected chi connectivity index (χ4v) is 4.94. The van der Waals surface area contributed by atoms with E-state index in [-0.39, 0.29) is 21.8 Å². The van der Waals surface area contributed by atoms with Crippen molar-refractivity contribution in [3.63, 3.8) is 0 Å². The second kappa shape index (κ2) is 8.80. The van der Waals surface area contributed by atoms with E-state index in [1.807, 2.05) is 6.92 Å². The van der Waals surface area contributed by atoms with E-state index in [0.717, 1.165) is 11.8 Å². The number of benzene rings is 3. The normalized spacial score (nSPS) is 11.5. The minimum atomic E-state index is -4.16. The van der Waals surface area contributed by atoms with Crippen molar-refractivity contribution in [2.75, 3.05) is 5.32 Å². The molecule has 0 bridgehead atoms. The lowest BCUT2D eigenvalue weighted by Gasteiger charge is -2.14. The lowest BCUT2D eigenvalue weighted by atomic mass is 10.2. The van der Waals surface area contributed by atoms with Crippen molar-refractivity contribution in [3.8, 4) is 0 Å². The summed E-state index contributed by atoms with van der Waals surface area (Å²) in [6.45, 7) is 1.54. The van der Waals surface area contributed by atoms with E-state index in [0.29, 0.717) is 11.2 Å². The molecule has 0 saturated carbocycles. The maximum Gasteiger partial charge on any atom is 0.244 e. The van der Waals surface area contributed by atoms with Gasteiger partial charge in [0.15, 0.2) is 0 Å². The Kier molecular flexibility index (Phi) is 6.05. The number of aryl methyl sites for hydroxylation is 1. The van der Waals surface area contributed by atoms with Crippen molar-refractivity contribution >= 4 is 43.9 Å². The third kappa shape index (κ3) is 4.67. The van der Waals surface area contributed by atoms with E-state index in [1.54, 1.807) is 24.3 Å². The number of hydrogen-bond acceptors (Lipinski definition) is 4. The zero-order chi connectivity index (χ0) is 23.8. The Morgan fingerprint density at radius 2 is 1.70 bits per heavy atom. The Balaban J connectivity index is 1.81. The Bertz CT molecular complexity index is 1530. The summed E-state index contributed by atoms with van der Waals surface area (Å²) >= 11 is 6.06. The SMILES string of the molecule is Cc1ccc(S(=O)(=O)c2cn(CC(=O)Nc3ccc(F)cc3)c3ccc(Cl)cc3c2=O)cc1. The largest absolute Gasteiger partial charge is 0.336 e. The van der Waals surface area contributed by atoms with E-state index in [9.17, 15) is 22.4 Å². The zero-order valence-electron chi connectivity index (χ0n) is 17.4. The van der Waals surface area contributed by atoms with Gasteiger partial charge in [0, 0.05) is 22.3 Å². The molecule has 0 aliphatic rings. The van der Waals surface area contributed by atoms with E-state index >= 15 is 0 Å². The van der Waals surface area contributed by atoms with E-state index in [2.05, 4.69) is 5.32 Å². The topological polar surface area (TPSA) is 85.2 Å². The molecule has 1 heterocycles. The highest BCUT2D eigenvalue weighted by atomic mass is 35.5. The monoisotopic (exact) mass is 484 g/mol. The lowest BCUT2D eigenvalue weighted by molar-refractivity contribution is -0.116. The van der Waals surface area contributed by atoms with Crippen LogP contribution in [-0.2, 0) is 21.2 Å². The summed E-state index contributed by atoms with van der Waals surface area (Å²) in [6, 6.07) is 15.8. The van der Waals surface area contributed by atoms with Gasteiger partial charge in [-0.3, -0.25) is 9.59 Å². The van der Waals surface area contributed by atoms with Crippen molar-refractivity contribution in [2.24, 2.45) is 0 Å². The van der Waals surface area contributed by atoms with Gasteiger partial charge in [0.1, 0.15) is 17.3 Å². The van der Waals surface area contributed by atoms with Crippen LogP contribution in [0, 0.1) is 12.7 Å². The van der Waals surface area contributed by atoms with Crippen LogP contribution in [0.1, 0.15) is 5.56 Å². The summed E-state index contributed by atoms with van der Waals surface area (Å²) in [5.74, 6) is -0.928. The van der Waals surface area contributed by atoms with Gasteiger partial charge in [0.25, 0.3) is 0 Å². The van der Waals surface area contributed by atoms with Gasteiger partial charge in [-0.25, -0.2) is 12.8 Å². The standard InChI is InChI=1S/C24H18ClFN2O4S/c1-15-2-9-19(10-3-15)33(31,32)22-13-28(21-11-4-16(25)12-20(21)24(22)30)14-23(29)27-18-7-5-17(26)6-8-18/h2-13H,14H2,1H3,(H,27,29). The molecule has 0 spiro atoms. The molecule has 1 amide bonds. The second-order valence-corrected chi connectivity index (χ2v) is 9.84. The average molecular weight is 485 g/mol. The van der Waals surface area contributed by atoms with Crippen molar-refractivity contribution < 1.29 is 17.6 Å². The van der Waals surface area contributed by atoms with Gasteiger partial charge >= 0.3 is 0 Å². The van der Waals surface area contributed by atoms with E-state index in [1.165, 1.54) is 47.0 Å². The molecular weight excluding hydrogens is 467 g/mol. The summed E-state index contributed by atoms with van der Waals surface area (Å²) in [6.07, 6.45) is 1.16. The van der Waals surface area contributed by atoms with Crippen LogP contribution in [0.25, 0.3) is 10.9 Å². The number of fused-ring (bicyclic) bond motifs is 1. The molecule has 0 aliphatic heterocycles. The molecule has 168 valence electrons. The molecule has 4 aromatic rings. The Morgan fingerprint density at radius 1 is 1.03 bits per heavy atom. The quantitative estimate of drug-likeness (QED) is 0.449. The number of aromatic nitrogens is 1. The first-order valence-electron chi connectivity index (χ1n) is 9.85. The summed E-state index contributed by atoms with van der Waals surface area (Å²) in [5.41, 5.74) is 0.890. The number of carbonyl (C=O) groups excluding carboxylic acids is 1. The van der Waals surface area contributed by atoms with Crippen LogP contribution in [0.2, 0.25) is 5.02 Å². The lowest BCUT2D eigenvalue weighted by Crippen LogP contribution is -2.24. The molecule has 4 rings (SSSR count). The van der Waals surface area contributed by atoms with Gasteiger partial charge in [-0.1, -0.05) is 29.3 Å². The van der Waals surface area contributed by atoms with Crippen LogP contribution in [-0.4, -0.2) is 18.9 Å². The molecule has 6 nitrogen and oxygen atoms in total. The molecule has 1 N–H and O–H groups in total. The van der Waals surface area contributed by atoms with Gasteiger partial charge in [0.2, 0.25) is 21.2 Å². The molecule has 0 radical (unpaired) electrons. The first-order valence-corrected chi connectivity index (χ1v) is 11.7. The van der Waals surface area contributed by atoms with Gasteiger partial charge in [0.05, 0.1) is 10.4 Å². The average Bonchev–Trinajstić information content (AvgIpc) is 2.77. The van der Waals surface area contributed by atoms with Crippen molar-refractivity contribution in [3.05, 3.63) is 99.6 Å². The number of hydrogen-bond donors (Lipinski definition) is 1. The number of nitrogens with one attached hydrogen (secondary N) is 1. The van der Waals surface area contributed by atoms with Crippen LogP contribution in [0.4, 0.5) is 10.1 Å². The number of halogens is 2. The molecule has 0 fully saturated rings. The van der Waals surface area contributed by atoms with Crippen LogP contribution < -0.4 is 10.7 Å². The number of amides is 1. The first kappa shape index (κ1) is 22.7. The van der Waals surface area contributed by atoms with Crippen molar-refractivity contribution in [2.45, 2.75) is 23.3 Å². The molecule has 0 aliphatic carbocycles. The van der Waals surface area contributed by atoms with Crippen LogP contribution >= 0.6 is 11.6 Å². The number of nitrogens with zero attached hydrogens (tertiary/aromatic N) is 1. The summed E-state index contributed by atoms with van der Waals surface area (Å²) in [7, 11) is -4.16. The van der Waals surface area contributed by atoms with E-state index < -0.39 is 31.9 Å². The summed E-state index contributed by atoms with van der Waals surface area (Å²) in [5, 5.41) is 2.95. The predicted molar refractivity (Wildman–Crippen MR) is 125 cm³/mol. The van der Waals surface area contributed by atoms with Gasteiger partial charge in [-0.05, 0) is 61.5 Å². The third-order valence-electron chi connectivity index (χ3n) is 5.07. The van der Waals surface area contributed by atoms with Gasteiger partial charge in [-0.2, -0.15) is 0 Å². The predicted octanol–water partition coefficient (Wildman–Crippen LogP) is 4.57. The highest BCUT2D eigenvalue weighted by Crippen LogP contribution is 2.23. The fraction of sp³-hybridized carbons (Fsp3) is 0.0833. The number of pyridine rings is 1. The molecule has 0 saturated heterocycles. The van der Waals surface area contributed by atoms with Gasteiger partial charge in [-0.15, -0.1) is 0 Å². The Morgan fingerprint density at radius 3 is 2.36 bits per heavy atom. The maximum absolute atomic E-state index is 13.3. The minimum absolute atomic E-state index is 0.0334. The summed E-state index contributed by atoms with van der Waals surface area (Å²) < 4.78 is 41.0. The molecule has 0 unspecified atom stereocenters. The van der Waals surface area contributed by atoms with Crippen LogP contribution in [0.15, 0.2) is 87.5 Å². The number of sulfone groups is 1. The van der Waals surface area contributed by atoms with Crippen molar-refractivity contribution in [1.82, 2.24) is 4.57 Å². The number of anilines is 1. The Hall–Kier alpha value is -3.49. The molecule has 1 aromatic heterocycles. The molecule has 0 atom stereocenters. The maximum atomic E-state index is 13.3. The minimum Gasteiger partial charge on any atom is -0.336 e. The fourth-order valence-electron chi connectivity index (χ4n) is 3.40. The third-order valence-corrected chi connectivity index (χ3v) is 7.07. The highest BCUT2D eigenvalue weighted by molar-refractivity contribution is 7.91. The first-order chi connectivity index (χ1) is 15.6. The van der Waals surface area contributed by atoms with Crippen LogP contribution in [0.3, 0.4) is 0 Å². The van der Waals surface area contributed by atoms with Gasteiger partial charge < -0.3 is 9.88 Å². The smallest absolute Gasteiger partial charge is 0.244 e.